The Morgan fingerprint density at radius 1 is 0.775 bits per heavy atom. The summed E-state index contributed by atoms with van der Waals surface area (Å²) < 4.78 is 5.07. The third-order valence-electron chi connectivity index (χ3n) is 8.49. The molecule has 4 amide bonds. The molecule has 3 heterocycles. The maximum Gasteiger partial charge on any atom is 0.287 e. The van der Waals surface area contributed by atoms with Gasteiger partial charge < -0.3 is 44.7 Å². The molecule has 40 heavy (non-hydrogen) atoms. The van der Waals surface area contributed by atoms with Gasteiger partial charge in [0.25, 0.3) is 5.91 Å². The van der Waals surface area contributed by atoms with Crippen LogP contribution in [0.4, 0.5) is 0 Å². The molecule has 4 aliphatic rings. The number of nitrogens with one attached hydrogen (secondary N) is 2. The summed E-state index contributed by atoms with van der Waals surface area (Å²) in [7, 11) is 0. The monoisotopic (exact) mass is 556 g/mol. The molecule has 2 saturated carbocycles. The van der Waals surface area contributed by atoms with Gasteiger partial charge in [-0.05, 0) is 50.7 Å². The minimum atomic E-state index is -1.47. The summed E-state index contributed by atoms with van der Waals surface area (Å²) >= 11 is 0. The highest BCUT2D eigenvalue weighted by molar-refractivity contribution is 5.93. The van der Waals surface area contributed by atoms with Crippen molar-refractivity contribution < 1.29 is 43.4 Å². The zero-order valence-corrected chi connectivity index (χ0v) is 21.9. The van der Waals surface area contributed by atoms with Crippen molar-refractivity contribution in [1.82, 2.24) is 20.4 Å². The lowest BCUT2D eigenvalue weighted by Gasteiger charge is -2.37. The quantitative estimate of drug-likeness (QED) is 0.357. The number of hydrogen-bond acceptors (Lipinski definition) is 9. The SMILES string of the molecule is O=C(N[C@H]1C[C@@H](C(=O)[O-])N(C(=O)[C@H]2CCCC[C@@H]2C(=O)N2C[C@@H](NC(=O)C3CC3)C[C@H]2C(=O)[O-])C1)c1ccco1. The molecule has 0 radical (unpaired) electrons. The van der Waals surface area contributed by atoms with Gasteiger partial charge in [0, 0.05) is 42.9 Å². The molecule has 0 spiro atoms. The van der Waals surface area contributed by atoms with E-state index in [1.54, 1.807) is 0 Å². The van der Waals surface area contributed by atoms with Gasteiger partial charge in [0.2, 0.25) is 17.7 Å². The zero-order valence-electron chi connectivity index (χ0n) is 21.9. The predicted molar refractivity (Wildman–Crippen MR) is 130 cm³/mol. The molecular weight excluding hydrogens is 524 g/mol. The first-order valence-electron chi connectivity index (χ1n) is 13.8. The van der Waals surface area contributed by atoms with Gasteiger partial charge in [-0.3, -0.25) is 19.2 Å². The van der Waals surface area contributed by atoms with E-state index in [4.69, 9.17) is 4.42 Å². The number of carboxylic acids is 2. The van der Waals surface area contributed by atoms with Crippen LogP contribution in [0.3, 0.4) is 0 Å². The summed E-state index contributed by atoms with van der Waals surface area (Å²) in [5.41, 5.74) is 0. The molecule has 1 aromatic heterocycles. The van der Waals surface area contributed by atoms with Crippen LogP contribution in [0.2, 0.25) is 0 Å². The average Bonchev–Trinajstić information content (AvgIpc) is 3.29. The number of carbonyl (C=O) groups is 6. The Morgan fingerprint density at radius 2 is 1.30 bits per heavy atom. The molecule has 2 N–H and O–H groups in total. The minimum absolute atomic E-state index is 0.000376. The summed E-state index contributed by atoms with van der Waals surface area (Å²) in [6.45, 7) is -0.0817. The van der Waals surface area contributed by atoms with Crippen LogP contribution in [-0.2, 0) is 24.0 Å². The molecule has 2 saturated heterocycles. The van der Waals surface area contributed by atoms with Crippen LogP contribution >= 0.6 is 0 Å². The largest absolute Gasteiger partial charge is 0.548 e. The van der Waals surface area contributed by atoms with Crippen molar-refractivity contribution in [3.63, 3.8) is 0 Å². The number of likely N-dealkylation sites (tertiary alicyclic amines) is 2. The molecule has 4 fully saturated rings. The molecule has 1 aromatic rings. The Balaban J connectivity index is 1.29. The standard InChI is InChI=1S/C27H34N4O9/c32-22(14-7-8-14)28-15-10-19(26(36)37)30(12-15)24(34)17-4-1-2-5-18(17)25(35)31-13-16(11-20(31)27(38)39)29-23(33)21-6-3-9-40-21/h3,6,9,14-20H,1-2,4-5,7-8,10-13H2,(H,28,32)(H,29,33)(H,36,37)(H,38,39)/p-2/t15-,16-,17-,18-,19-,20-/m0/s1. The molecular formula is C27H32N4O9-2. The van der Waals surface area contributed by atoms with Crippen LogP contribution in [0.25, 0.3) is 0 Å². The molecule has 0 unspecified atom stereocenters. The molecule has 13 nitrogen and oxygen atoms in total. The second-order valence-electron chi connectivity index (χ2n) is 11.2. The predicted octanol–water partition coefficient (Wildman–Crippen LogP) is -2.22. The topological polar surface area (TPSA) is 192 Å². The molecule has 6 atom stereocenters. The highest BCUT2D eigenvalue weighted by Crippen LogP contribution is 2.37. The third-order valence-corrected chi connectivity index (χ3v) is 8.49. The number of hydrogen-bond donors (Lipinski definition) is 2. The summed E-state index contributed by atoms with van der Waals surface area (Å²) in [6, 6.07) is -0.730. The van der Waals surface area contributed by atoms with E-state index in [1.165, 1.54) is 23.3 Å². The number of aliphatic carboxylic acids is 2. The highest BCUT2D eigenvalue weighted by Gasteiger charge is 2.47. The Kier molecular flexibility index (Phi) is 7.81. The van der Waals surface area contributed by atoms with E-state index in [-0.39, 0.29) is 43.5 Å². The van der Waals surface area contributed by atoms with E-state index in [0.29, 0.717) is 25.7 Å². The lowest BCUT2D eigenvalue weighted by Crippen LogP contribution is -2.54. The molecule has 2 aliphatic carbocycles. The molecule has 216 valence electrons. The van der Waals surface area contributed by atoms with Crippen molar-refractivity contribution in [2.45, 2.75) is 75.5 Å². The normalized spacial score (nSPS) is 30.1. The fraction of sp³-hybridized carbons (Fsp3) is 0.630. The molecule has 0 bridgehead atoms. The number of carbonyl (C=O) groups excluding carboxylic acids is 6. The van der Waals surface area contributed by atoms with Crippen LogP contribution in [0.5, 0.6) is 0 Å². The van der Waals surface area contributed by atoms with Crippen molar-refractivity contribution in [2.24, 2.45) is 17.8 Å². The average molecular weight is 557 g/mol. The van der Waals surface area contributed by atoms with Gasteiger partial charge in [0.1, 0.15) is 0 Å². The van der Waals surface area contributed by atoms with E-state index in [0.717, 1.165) is 17.7 Å². The number of nitrogens with zero attached hydrogens (tertiary/aromatic N) is 2. The molecule has 5 rings (SSSR count). The van der Waals surface area contributed by atoms with Crippen molar-refractivity contribution in [1.29, 1.82) is 0 Å². The Labute approximate surface area is 230 Å². The molecule has 0 aromatic carbocycles. The first-order chi connectivity index (χ1) is 19.1. The fourth-order valence-corrected chi connectivity index (χ4v) is 6.29. The summed E-state index contributed by atoms with van der Waals surface area (Å²) in [5.74, 6) is -6.37. The van der Waals surface area contributed by atoms with Crippen LogP contribution in [-0.4, -0.2) is 82.6 Å². The Bertz CT molecular complexity index is 1180. The summed E-state index contributed by atoms with van der Waals surface area (Å²) in [5, 5.41) is 29.4. The molecule has 2 aliphatic heterocycles. The van der Waals surface area contributed by atoms with E-state index in [9.17, 15) is 39.0 Å². The van der Waals surface area contributed by atoms with Crippen molar-refractivity contribution in [3.8, 4) is 0 Å². The second-order valence-corrected chi connectivity index (χ2v) is 11.2. The van der Waals surface area contributed by atoms with Crippen molar-refractivity contribution >= 4 is 35.6 Å². The lowest BCUT2D eigenvalue weighted by molar-refractivity contribution is -0.312. The van der Waals surface area contributed by atoms with Gasteiger partial charge in [-0.1, -0.05) is 12.8 Å². The third kappa shape index (κ3) is 5.68. The highest BCUT2D eigenvalue weighted by atomic mass is 16.4. The van der Waals surface area contributed by atoms with Crippen LogP contribution < -0.4 is 20.8 Å². The van der Waals surface area contributed by atoms with Gasteiger partial charge in [-0.15, -0.1) is 0 Å². The van der Waals surface area contributed by atoms with E-state index in [2.05, 4.69) is 10.6 Å². The zero-order chi connectivity index (χ0) is 28.6. The van der Waals surface area contributed by atoms with Crippen LogP contribution in [0.15, 0.2) is 22.8 Å². The Hall–Kier alpha value is -3.90. The first kappa shape index (κ1) is 27.7. The van der Waals surface area contributed by atoms with E-state index in [1.807, 2.05) is 0 Å². The van der Waals surface area contributed by atoms with Crippen LogP contribution in [0.1, 0.15) is 61.9 Å². The van der Waals surface area contributed by atoms with Gasteiger partial charge >= 0.3 is 0 Å². The van der Waals surface area contributed by atoms with E-state index < -0.39 is 65.7 Å². The van der Waals surface area contributed by atoms with Gasteiger partial charge in [-0.2, -0.15) is 0 Å². The molecule has 13 heteroatoms. The summed E-state index contributed by atoms with van der Waals surface area (Å²) in [4.78, 5) is 78.4. The van der Waals surface area contributed by atoms with Crippen molar-refractivity contribution in [2.75, 3.05) is 13.1 Å². The minimum Gasteiger partial charge on any atom is -0.548 e. The van der Waals surface area contributed by atoms with E-state index >= 15 is 0 Å². The van der Waals surface area contributed by atoms with Gasteiger partial charge in [0.15, 0.2) is 5.76 Å². The maximum atomic E-state index is 13.8. The fourth-order valence-electron chi connectivity index (χ4n) is 6.29. The number of amides is 4. The van der Waals surface area contributed by atoms with Gasteiger partial charge in [0.05, 0.1) is 30.3 Å². The first-order valence-corrected chi connectivity index (χ1v) is 13.8. The lowest BCUT2D eigenvalue weighted by atomic mass is 9.77. The summed E-state index contributed by atoms with van der Waals surface area (Å²) in [6.07, 6.45) is 4.83. The maximum absolute atomic E-state index is 13.8. The number of furan rings is 1. The van der Waals surface area contributed by atoms with Crippen molar-refractivity contribution in [3.05, 3.63) is 24.2 Å². The van der Waals surface area contributed by atoms with Crippen LogP contribution in [0, 0.1) is 17.8 Å². The van der Waals surface area contributed by atoms with Gasteiger partial charge in [-0.25, -0.2) is 0 Å². The Morgan fingerprint density at radius 3 is 1.75 bits per heavy atom. The second kappa shape index (κ2) is 11.3. The smallest absolute Gasteiger partial charge is 0.287 e. The number of carboxylic acid groups (broad SMARTS) is 2. The number of rotatable bonds is 8.